The number of fused-ring (bicyclic) bond motifs is 3. The molecule has 2 fully saturated rings. The quantitative estimate of drug-likeness (QED) is 0.586. The topological polar surface area (TPSA) is 88.1 Å². The maximum absolute atomic E-state index is 13.1. The Hall–Kier alpha value is -2.71. The number of hydrogen-bond acceptors (Lipinski definition) is 5. The van der Waals surface area contributed by atoms with Crippen molar-refractivity contribution in [2.75, 3.05) is 20.2 Å². The van der Waals surface area contributed by atoms with Crippen LogP contribution in [0.4, 0.5) is 10.7 Å². The number of imide groups is 1. The summed E-state index contributed by atoms with van der Waals surface area (Å²) in [5, 5.41) is 0. The number of carbonyl (C=O) groups is 3. The standard InChI is InChI=1S/C18H24N5O4/c1-4-27-13(24)10-22-16(25)14-15(20(3)18(22)26)19-17-21(14)9-11(2)23(17)12-7-5-6-8-12/h9,12,14H,4-8,10H2,1-3H3/q+1. The van der Waals surface area contributed by atoms with Gasteiger partial charge in [0.2, 0.25) is 11.9 Å². The summed E-state index contributed by atoms with van der Waals surface area (Å²) in [6.45, 7) is 3.50. The molecule has 3 aliphatic rings. The number of rotatable bonds is 4. The number of ether oxygens (including phenoxy) is 1. The van der Waals surface area contributed by atoms with E-state index in [2.05, 4.69) is 9.56 Å². The fourth-order valence-corrected chi connectivity index (χ4v) is 4.30. The first kappa shape index (κ1) is 17.7. The van der Waals surface area contributed by atoms with Gasteiger partial charge in [-0.3, -0.25) is 14.5 Å². The van der Waals surface area contributed by atoms with E-state index in [1.54, 1.807) is 14.0 Å². The molecular formula is C18H24N5O4+. The summed E-state index contributed by atoms with van der Waals surface area (Å²) >= 11 is 0. The van der Waals surface area contributed by atoms with Crippen LogP contribution in [0, 0.1) is 6.92 Å². The van der Waals surface area contributed by atoms with Gasteiger partial charge in [-0.1, -0.05) is 4.99 Å². The van der Waals surface area contributed by atoms with Crippen LogP contribution in [0.1, 0.15) is 50.4 Å². The zero-order valence-corrected chi connectivity index (χ0v) is 15.8. The number of amides is 3. The Bertz CT molecular complexity index is 852. The number of amidine groups is 1. The molecule has 0 radical (unpaired) electrons. The molecule has 1 unspecified atom stereocenters. The van der Waals surface area contributed by atoms with Gasteiger partial charge in [0.15, 0.2) is 0 Å². The monoisotopic (exact) mass is 374 g/mol. The van der Waals surface area contributed by atoms with E-state index in [0.717, 1.165) is 23.4 Å². The molecule has 1 aliphatic carbocycles. The zero-order chi connectivity index (χ0) is 19.3. The van der Waals surface area contributed by atoms with Gasteiger partial charge in [0, 0.05) is 7.05 Å². The fourth-order valence-electron chi connectivity index (χ4n) is 4.30. The van der Waals surface area contributed by atoms with E-state index in [4.69, 9.17) is 4.74 Å². The highest BCUT2D eigenvalue weighted by molar-refractivity contribution is 6.19. The van der Waals surface area contributed by atoms with E-state index in [1.807, 2.05) is 17.7 Å². The van der Waals surface area contributed by atoms with Crippen LogP contribution in [-0.2, 0) is 14.3 Å². The first-order valence-corrected chi connectivity index (χ1v) is 9.40. The third kappa shape index (κ3) is 2.64. The van der Waals surface area contributed by atoms with Gasteiger partial charge >= 0.3 is 17.9 Å². The molecule has 9 heteroatoms. The first-order valence-electron chi connectivity index (χ1n) is 9.40. The molecule has 144 valence electrons. The molecular weight excluding hydrogens is 350 g/mol. The third-order valence-electron chi connectivity index (χ3n) is 5.53. The van der Waals surface area contributed by atoms with Crippen molar-refractivity contribution < 1.29 is 23.7 Å². The minimum Gasteiger partial charge on any atom is -0.465 e. The lowest BCUT2D eigenvalue weighted by Gasteiger charge is -2.32. The number of urea groups is 1. The average molecular weight is 374 g/mol. The fraction of sp³-hybridized carbons (Fsp3) is 0.611. The van der Waals surface area contributed by atoms with Gasteiger partial charge in [-0.2, -0.15) is 0 Å². The lowest BCUT2D eigenvalue weighted by Crippen LogP contribution is -2.63. The second-order valence-electron chi connectivity index (χ2n) is 7.23. The summed E-state index contributed by atoms with van der Waals surface area (Å²) < 4.78 is 8.91. The van der Waals surface area contributed by atoms with Crippen LogP contribution in [0.2, 0.25) is 0 Å². The molecule has 1 saturated carbocycles. The largest absolute Gasteiger partial charge is 0.465 e. The van der Waals surface area contributed by atoms with Gasteiger partial charge in [-0.15, -0.1) is 0 Å². The Balaban J connectivity index is 1.71. The van der Waals surface area contributed by atoms with Crippen molar-refractivity contribution in [3.05, 3.63) is 11.9 Å². The minimum absolute atomic E-state index is 0.198. The zero-order valence-electron chi connectivity index (χ0n) is 15.8. The van der Waals surface area contributed by atoms with Crippen LogP contribution in [-0.4, -0.2) is 58.3 Å². The summed E-state index contributed by atoms with van der Waals surface area (Å²) in [4.78, 5) is 44.5. The predicted molar refractivity (Wildman–Crippen MR) is 94.5 cm³/mol. The van der Waals surface area contributed by atoms with E-state index >= 15 is 0 Å². The second-order valence-corrected chi connectivity index (χ2v) is 7.23. The predicted octanol–water partition coefficient (Wildman–Crippen LogP) is 1.24. The van der Waals surface area contributed by atoms with Gasteiger partial charge in [0.1, 0.15) is 18.4 Å². The summed E-state index contributed by atoms with van der Waals surface area (Å²) in [5.41, 5.74) is 1.05. The Morgan fingerprint density at radius 3 is 2.70 bits per heavy atom. The second kappa shape index (κ2) is 6.47. The van der Waals surface area contributed by atoms with Crippen molar-refractivity contribution in [1.29, 1.82) is 0 Å². The summed E-state index contributed by atoms with van der Waals surface area (Å²) in [6.07, 6.45) is 6.48. The van der Waals surface area contributed by atoms with Crippen molar-refractivity contribution in [2.24, 2.45) is 4.99 Å². The molecule has 1 atom stereocenters. The number of carbonyl (C=O) groups excluding carboxylic acids is 3. The van der Waals surface area contributed by atoms with E-state index in [1.165, 1.54) is 17.7 Å². The maximum atomic E-state index is 13.1. The number of esters is 1. The van der Waals surface area contributed by atoms with Crippen molar-refractivity contribution in [3.63, 3.8) is 0 Å². The number of likely N-dealkylation sites (N-methyl/N-ethyl adjacent to an activating group) is 1. The molecule has 27 heavy (non-hydrogen) atoms. The van der Waals surface area contributed by atoms with Crippen molar-refractivity contribution in [1.82, 2.24) is 14.4 Å². The van der Waals surface area contributed by atoms with Crippen LogP contribution >= 0.6 is 0 Å². The van der Waals surface area contributed by atoms with E-state index in [0.29, 0.717) is 17.8 Å². The van der Waals surface area contributed by atoms with E-state index in [-0.39, 0.29) is 6.61 Å². The maximum Gasteiger partial charge on any atom is 0.402 e. The molecule has 1 aromatic rings. The summed E-state index contributed by atoms with van der Waals surface area (Å²) in [5.74, 6) is 0.0605. The van der Waals surface area contributed by atoms with Crippen LogP contribution in [0.3, 0.4) is 0 Å². The molecule has 9 nitrogen and oxygen atoms in total. The number of imidazole rings is 1. The first-order chi connectivity index (χ1) is 12.9. The van der Waals surface area contributed by atoms with Gasteiger partial charge in [0.05, 0.1) is 12.6 Å². The number of aliphatic imine (C=N–C) groups is 1. The average Bonchev–Trinajstić information content (AvgIpc) is 3.32. The molecule has 0 N–H and O–H groups in total. The molecule has 1 saturated heterocycles. The highest BCUT2D eigenvalue weighted by Crippen LogP contribution is 2.36. The Labute approximate surface area is 157 Å². The van der Waals surface area contributed by atoms with Crippen LogP contribution in [0.5, 0.6) is 0 Å². The third-order valence-corrected chi connectivity index (χ3v) is 5.53. The Morgan fingerprint density at radius 2 is 2.04 bits per heavy atom. The van der Waals surface area contributed by atoms with Crippen LogP contribution in [0.15, 0.2) is 11.2 Å². The highest BCUT2D eigenvalue weighted by atomic mass is 16.5. The SMILES string of the molecule is CCOC(=O)CN1C(=O)C2C(=Nc3n(C4CCCC4)c(C)c[n+]32)N(C)C1=O. The number of hydrogen-bond donors (Lipinski definition) is 0. The number of aryl methyl sites for hydroxylation is 1. The van der Waals surface area contributed by atoms with Crippen LogP contribution < -0.4 is 4.57 Å². The van der Waals surface area contributed by atoms with Crippen molar-refractivity contribution in [2.45, 2.75) is 51.6 Å². The number of nitrogens with zero attached hydrogens (tertiary/aromatic N) is 5. The lowest BCUT2D eigenvalue weighted by molar-refractivity contribution is -0.677. The highest BCUT2D eigenvalue weighted by Gasteiger charge is 2.54. The molecule has 2 aliphatic heterocycles. The molecule has 1 aromatic heterocycles. The van der Waals surface area contributed by atoms with Crippen LogP contribution in [0.25, 0.3) is 0 Å². The minimum atomic E-state index is -0.724. The van der Waals surface area contributed by atoms with Gasteiger partial charge in [0.25, 0.3) is 5.91 Å². The molecule has 0 bridgehead atoms. The molecule has 0 aromatic carbocycles. The Kier molecular flexibility index (Phi) is 4.24. The summed E-state index contributed by atoms with van der Waals surface area (Å²) in [6, 6.07) is -0.908. The van der Waals surface area contributed by atoms with Gasteiger partial charge in [-0.05, 0) is 39.5 Å². The lowest BCUT2D eigenvalue weighted by atomic mass is 10.1. The smallest absolute Gasteiger partial charge is 0.402 e. The van der Waals surface area contributed by atoms with Gasteiger partial charge < -0.3 is 4.74 Å². The van der Waals surface area contributed by atoms with E-state index < -0.39 is 30.5 Å². The Morgan fingerprint density at radius 1 is 1.33 bits per heavy atom. The molecule has 3 heterocycles. The van der Waals surface area contributed by atoms with E-state index in [9.17, 15) is 14.4 Å². The van der Waals surface area contributed by atoms with Crippen molar-refractivity contribution >= 4 is 29.7 Å². The molecule has 0 spiro atoms. The van der Waals surface area contributed by atoms with Crippen molar-refractivity contribution in [3.8, 4) is 0 Å². The van der Waals surface area contributed by atoms with Gasteiger partial charge in [-0.25, -0.2) is 18.8 Å². The number of aromatic nitrogens is 2. The molecule has 3 amide bonds. The normalized spacial score (nSPS) is 22.2. The molecule has 4 rings (SSSR count). The summed E-state index contributed by atoms with van der Waals surface area (Å²) in [7, 11) is 1.58.